The van der Waals surface area contributed by atoms with Gasteiger partial charge in [0.15, 0.2) is 0 Å². The Morgan fingerprint density at radius 2 is 1.75 bits per heavy atom. The Bertz CT molecular complexity index is 439. The van der Waals surface area contributed by atoms with Crippen LogP contribution in [0.5, 0.6) is 0 Å². The van der Waals surface area contributed by atoms with Crippen molar-refractivity contribution in [3.8, 4) is 0 Å². The minimum absolute atomic E-state index is 0.255. The number of carbonyl (C=O) groups is 2. The van der Waals surface area contributed by atoms with Crippen molar-refractivity contribution in [2.45, 2.75) is 4.90 Å². The summed E-state index contributed by atoms with van der Waals surface area (Å²) in [5, 5.41) is 17.8. The highest BCUT2D eigenvalue weighted by Crippen LogP contribution is 2.27. The van der Waals surface area contributed by atoms with Crippen LogP contribution in [0.25, 0.3) is 0 Å². The van der Waals surface area contributed by atoms with Crippen molar-refractivity contribution in [1.82, 2.24) is 0 Å². The highest BCUT2D eigenvalue weighted by molar-refractivity contribution is 8.04. The van der Waals surface area contributed by atoms with E-state index in [0.29, 0.717) is 16.0 Å². The number of aliphatic carboxylic acids is 2. The zero-order valence-corrected chi connectivity index (χ0v) is 9.46. The van der Waals surface area contributed by atoms with Crippen molar-refractivity contribution < 1.29 is 19.8 Å². The molecule has 0 aliphatic heterocycles. The zero-order valence-electron chi connectivity index (χ0n) is 7.88. The Kier molecular flexibility index (Phi) is 4.39. The first-order valence-corrected chi connectivity index (χ1v) is 5.30. The monoisotopic (exact) mass is 258 g/mol. The van der Waals surface area contributed by atoms with Crippen molar-refractivity contribution in [2.75, 3.05) is 0 Å². The number of carboxylic acid groups (broad SMARTS) is 2. The highest BCUT2D eigenvalue weighted by atomic mass is 35.5. The third-order valence-corrected chi connectivity index (χ3v) is 2.78. The lowest BCUT2D eigenvalue weighted by Gasteiger charge is -2.01. The summed E-state index contributed by atoms with van der Waals surface area (Å²) in [7, 11) is 0. The molecule has 1 aromatic rings. The quantitative estimate of drug-likeness (QED) is 0.641. The van der Waals surface area contributed by atoms with E-state index in [9.17, 15) is 9.59 Å². The van der Waals surface area contributed by atoms with Crippen molar-refractivity contribution in [3.05, 3.63) is 40.3 Å². The van der Waals surface area contributed by atoms with Crippen LogP contribution in [0.1, 0.15) is 0 Å². The number of halogens is 1. The smallest absolute Gasteiger partial charge is 0.342 e. The molecule has 0 fully saturated rings. The van der Waals surface area contributed by atoms with Gasteiger partial charge < -0.3 is 10.2 Å². The van der Waals surface area contributed by atoms with E-state index in [0.717, 1.165) is 11.8 Å². The van der Waals surface area contributed by atoms with E-state index in [1.54, 1.807) is 24.3 Å². The Labute approximate surface area is 101 Å². The first-order valence-electron chi connectivity index (χ1n) is 4.10. The fraction of sp³-hybridized carbons (Fsp3) is 0. The van der Waals surface area contributed by atoms with Crippen LogP contribution < -0.4 is 0 Å². The van der Waals surface area contributed by atoms with Crippen LogP contribution in [-0.2, 0) is 9.59 Å². The molecule has 0 radical (unpaired) electrons. The largest absolute Gasteiger partial charge is 0.478 e. The van der Waals surface area contributed by atoms with Crippen molar-refractivity contribution >= 4 is 35.3 Å². The van der Waals surface area contributed by atoms with Crippen LogP contribution in [0.3, 0.4) is 0 Å². The molecule has 4 nitrogen and oxygen atoms in total. The van der Waals surface area contributed by atoms with Crippen LogP contribution in [0.15, 0.2) is 40.1 Å². The lowest BCUT2D eigenvalue weighted by Crippen LogP contribution is -2.00. The molecule has 6 heteroatoms. The second kappa shape index (κ2) is 5.58. The fourth-order valence-corrected chi connectivity index (χ4v) is 1.78. The van der Waals surface area contributed by atoms with E-state index in [-0.39, 0.29) is 4.91 Å². The molecular formula is C10H7ClO4S. The Hall–Kier alpha value is -1.46. The number of rotatable bonds is 4. The van der Waals surface area contributed by atoms with Gasteiger partial charge in [0.1, 0.15) is 4.91 Å². The Morgan fingerprint density at radius 3 is 2.19 bits per heavy atom. The highest BCUT2D eigenvalue weighted by Gasteiger charge is 2.11. The van der Waals surface area contributed by atoms with E-state index in [4.69, 9.17) is 21.8 Å². The average molecular weight is 259 g/mol. The molecule has 0 unspecified atom stereocenters. The van der Waals surface area contributed by atoms with Crippen LogP contribution in [0.4, 0.5) is 0 Å². The van der Waals surface area contributed by atoms with Gasteiger partial charge in [-0.25, -0.2) is 9.59 Å². The number of hydrogen-bond donors (Lipinski definition) is 2. The molecule has 0 spiro atoms. The van der Waals surface area contributed by atoms with E-state index in [2.05, 4.69) is 0 Å². The maximum absolute atomic E-state index is 10.7. The minimum atomic E-state index is -1.29. The van der Waals surface area contributed by atoms with Gasteiger partial charge in [-0.1, -0.05) is 23.4 Å². The standard InChI is InChI=1S/C10H7ClO4S/c11-6-1-3-7(4-2-6)16-8(10(14)15)5-9(12)13/h1-5H,(H,12,13)(H,14,15). The van der Waals surface area contributed by atoms with Gasteiger partial charge in [0.05, 0.1) is 0 Å². The van der Waals surface area contributed by atoms with Gasteiger partial charge in [0, 0.05) is 16.0 Å². The summed E-state index contributed by atoms with van der Waals surface area (Å²) in [6, 6.07) is 6.44. The molecule has 0 atom stereocenters. The van der Waals surface area contributed by atoms with Gasteiger partial charge in [-0.05, 0) is 24.3 Å². The normalized spacial score (nSPS) is 11.2. The SMILES string of the molecule is O=C(O)C=C(Sc1ccc(Cl)cc1)C(=O)O. The summed E-state index contributed by atoms with van der Waals surface area (Å²) in [6.07, 6.45) is 0.654. The molecule has 0 aliphatic carbocycles. The lowest BCUT2D eigenvalue weighted by atomic mass is 10.4. The van der Waals surface area contributed by atoms with Gasteiger partial charge in [0.25, 0.3) is 0 Å². The number of thioether (sulfide) groups is 1. The summed E-state index contributed by atoms with van der Waals surface area (Å²) in [4.78, 5) is 21.5. The topological polar surface area (TPSA) is 74.6 Å². The van der Waals surface area contributed by atoms with Crippen LogP contribution >= 0.6 is 23.4 Å². The van der Waals surface area contributed by atoms with Crippen molar-refractivity contribution in [3.63, 3.8) is 0 Å². The van der Waals surface area contributed by atoms with Gasteiger partial charge in [-0.2, -0.15) is 0 Å². The van der Waals surface area contributed by atoms with Crippen molar-refractivity contribution in [2.24, 2.45) is 0 Å². The molecule has 0 saturated heterocycles. The lowest BCUT2D eigenvalue weighted by molar-refractivity contribution is -0.134. The number of carboxylic acids is 2. The van der Waals surface area contributed by atoms with Gasteiger partial charge in [0.2, 0.25) is 0 Å². The third-order valence-electron chi connectivity index (χ3n) is 1.51. The predicted molar refractivity (Wildman–Crippen MR) is 60.7 cm³/mol. The Balaban J connectivity index is 2.88. The average Bonchev–Trinajstić information content (AvgIpc) is 2.19. The number of benzene rings is 1. The molecular weight excluding hydrogens is 252 g/mol. The summed E-state index contributed by atoms with van der Waals surface area (Å²) in [6.45, 7) is 0. The molecule has 16 heavy (non-hydrogen) atoms. The van der Waals surface area contributed by atoms with E-state index >= 15 is 0 Å². The molecule has 1 rings (SSSR count). The van der Waals surface area contributed by atoms with E-state index in [1.807, 2.05) is 0 Å². The predicted octanol–water partition coefficient (Wildman–Crippen LogP) is 2.49. The zero-order chi connectivity index (χ0) is 12.1. The molecule has 0 amide bonds. The molecule has 2 N–H and O–H groups in total. The third kappa shape index (κ3) is 3.96. The molecule has 1 aromatic carbocycles. The van der Waals surface area contributed by atoms with Crippen molar-refractivity contribution in [1.29, 1.82) is 0 Å². The van der Waals surface area contributed by atoms with Gasteiger partial charge >= 0.3 is 11.9 Å². The number of hydrogen-bond acceptors (Lipinski definition) is 3. The maximum Gasteiger partial charge on any atom is 0.342 e. The van der Waals surface area contributed by atoms with Crippen LogP contribution in [-0.4, -0.2) is 22.2 Å². The maximum atomic E-state index is 10.7. The molecule has 0 saturated carbocycles. The Morgan fingerprint density at radius 1 is 1.19 bits per heavy atom. The molecule has 0 aliphatic rings. The van der Waals surface area contributed by atoms with Gasteiger partial charge in [-0.15, -0.1) is 0 Å². The summed E-state index contributed by atoms with van der Waals surface area (Å²) in [5.41, 5.74) is 0. The van der Waals surface area contributed by atoms with Gasteiger partial charge in [-0.3, -0.25) is 0 Å². The molecule has 0 aromatic heterocycles. The second-order valence-corrected chi connectivity index (χ2v) is 4.26. The summed E-state index contributed by atoms with van der Waals surface area (Å²) in [5.74, 6) is -2.57. The first-order chi connectivity index (χ1) is 7.49. The molecule has 0 bridgehead atoms. The minimum Gasteiger partial charge on any atom is -0.478 e. The second-order valence-electron chi connectivity index (χ2n) is 2.71. The molecule has 84 valence electrons. The summed E-state index contributed by atoms with van der Waals surface area (Å²) >= 11 is 6.52. The van der Waals surface area contributed by atoms with E-state index < -0.39 is 11.9 Å². The van der Waals surface area contributed by atoms with E-state index in [1.165, 1.54) is 0 Å². The molecule has 0 heterocycles. The van der Waals surface area contributed by atoms with Crippen LogP contribution in [0.2, 0.25) is 5.02 Å². The summed E-state index contributed by atoms with van der Waals surface area (Å²) < 4.78 is 0. The first kappa shape index (κ1) is 12.6. The van der Waals surface area contributed by atoms with Crippen LogP contribution in [0, 0.1) is 0 Å². The fourth-order valence-electron chi connectivity index (χ4n) is 0.877.